The van der Waals surface area contributed by atoms with Gasteiger partial charge in [-0.2, -0.15) is 0 Å². The summed E-state index contributed by atoms with van der Waals surface area (Å²) in [6, 6.07) is 0. The molecule has 0 rings (SSSR count). The first-order chi connectivity index (χ1) is 4.18. The van der Waals surface area contributed by atoms with Gasteiger partial charge >= 0.3 is 8.80 Å². The van der Waals surface area contributed by atoms with Crippen molar-refractivity contribution in [2.75, 3.05) is 21.0 Å². The highest BCUT2D eigenvalue weighted by Gasteiger charge is 2.30. The lowest BCUT2D eigenvalue weighted by atomic mass is 11.4. The maximum Gasteiger partial charge on any atom is 0.498 e. The van der Waals surface area contributed by atoms with Crippen LogP contribution in [-0.2, 0) is 13.3 Å². The van der Waals surface area contributed by atoms with E-state index in [-0.39, 0.29) is 6.73 Å². The minimum absolute atomic E-state index is 0.143. The smallest absolute Gasteiger partial charge is 0.377 e. The predicted molar refractivity (Wildman–Crippen MR) is 35.8 cm³/mol. The van der Waals surface area contributed by atoms with E-state index in [0.29, 0.717) is 0 Å². The Morgan fingerprint density at radius 2 is 1.78 bits per heavy atom. The summed E-state index contributed by atoms with van der Waals surface area (Å²) >= 11 is 0. The molecule has 0 saturated heterocycles. The van der Waals surface area contributed by atoms with Gasteiger partial charge in [0.1, 0.15) is 0 Å². The van der Waals surface area contributed by atoms with Crippen LogP contribution in [0.2, 0.25) is 6.55 Å². The van der Waals surface area contributed by atoms with Crippen LogP contribution in [0.15, 0.2) is 0 Å². The minimum atomic E-state index is -2.32. The fourth-order valence-electron chi connectivity index (χ4n) is 0.353. The molecule has 0 aromatic rings. The summed E-state index contributed by atoms with van der Waals surface area (Å²) in [6.07, 6.45) is 0. The Labute approximate surface area is 56.3 Å². The van der Waals surface area contributed by atoms with E-state index >= 15 is 0 Å². The molecular formula is C4H13NO3Si. The van der Waals surface area contributed by atoms with Gasteiger partial charge < -0.3 is 19.0 Å². The summed E-state index contributed by atoms with van der Waals surface area (Å²) < 4.78 is 14.9. The maximum atomic E-state index is 5.12. The van der Waals surface area contributed by atoms with Gasteiger partial charge in [0.05, 0.1) is 6.73 Å². The minimum Gasteiger partial charge on any atom is -0.377 e. The van der Waals surface area contributed by atoms with Gasteiger partial charge in [-0.1, -0.05) is 0 Å². The molecule has 0 aliphatic heterocycles. The molecule has 0 aromatic carbocycles. The van der Waals surface area contributed by atoms with Crippen LogP contribution in [-0.4, -0.2) is 29.8 Å². The van der Waals surface area contributed by atoms with Crippen molar-refractivity contribution in [1.29, 1.82) is 0 Å². The summed E-state index contributed by atoms with van der Waals surface area (Å²) in [4.78, 5) is 0. The van der Waals surface area contributed by atoms with Crippen molar-refractivity contribution < 1.29 is 13.3 Å². The highest BCUT2D eigenvalue weighted by atomic mass is 28.4. The lowest BCUT2D eigenvalue weighted by Crippen LogP contribution is -2.41. The fourth-order valence-corrected chi connectivity index (χ4v) is 1.06. The van der Waals surface area contributed by atoms with E-state index in [9.17, 15) is 0 Å². The zero-order valence-electron chi connectivity index (χ0n) is 6.01. The predicted octanol–water partition coefficient (Wildman–Crippen LogP) is -0.219. The van der Waals surface area contributed by atoms with Gasteiger partial charge in [0.15, 0.2) is 0 Å². The lowest BCUT2D eigenvalue weighted by Gasteiger charge is -2.20. The Balaban J connectivity index is 3.62. The topological polar surface area (TPSA) is 53.7 Å². The van der Waals surface area contributed by atoms with Crippen LogP contribution < -0.4 is 5.73 Å². The summed E-state index contributed by atoms with van der Waals surface area (Å²) in [6.45, 7) is 1.92. The molecule has 0 saturated carbocycles. The molecule has 0 fully saturated rings. The second kappa shape index (κ2) is 3.97. The van der Waals surface area contributed by atoms with Crippen LogP contribution in [0.25, 0.3) is 0 Å². The van der Waals surface area contributed by atoms with E-state index in [1.165, 1.54) is 0 Å². The quantitative estimate of drug-likeness (QED) is 0.446. The van der Waals surface area contributed by atoms with E-state index in [2.05, 4.69) is 0 Å². The fraction of sp³-hybridized carbons (Fsp3) is 1.00. The molecule has 4 nitrogen and oxygen atoms in total. The first-order valence-corrected chi connectivity index (χ1v) is 4.85. The molecule has 2 N–H and O–H groups in total. The Hall–Kier alpha value is 0.0569. The lowest BCUT2D eigenvalue weighted by molar-refractivity contribution is 0.109. The van der Waals surface area contributed by atoms with E-state index in [0.717, 1.165) is 0 Å². The van der Waals surface area contributed by atoms with Gasteiger partial charge in [-0.05, 0) is 0 Å². The second-order valence-corrected chi connectivity index (χ2v) is 4.41. The molecule has 0 amide bonds. The molecule has 5 heteroatoms. The zero-order chi connectivity index (χ0) is 7.33. The largest absolute Gasteiger partial charge is 0.498 e. The summed E-state index contributed by atoms with van der Waals surface area (Å²) in [5, 5.41) is 0. The van der Waals surface area contributed by atoms with Crippen molar-refractivity contribution in [2.45, 2.75) is 6.55 Å². The molecule has 0 aliphatic carbocycles. The van der Waals surface area contributed by atoms with Crippen molar-refractivity contribution >= 4 is 8.80 Å². The Morgan fingerprint density at radius 3 is 1.89 bits per heavy atom. The monoisotopic (exact) mass is 151 g/mol. The Bertz CT molecular complexity index is 76.2. The van der Waals surface area contributed by atoms with Crippen LogP contribution in [0.4, 0.5) is 0 Å². The molecule has 0 radical (unpaired) electrons. The Morgan fingerprint density at radius 1 is 1.33 bits per heavy atom. The van der Waals surface area contributed by atoms with Crippen LogP contribution in [0.3, 0.4) is 0 Å². The van der Waals surface area contributed by atoms with Crippen LogP contribution in [0, 0.1) is 0 Å². The molecular weight excluding hydrogens is 138 g/mol. The average molecular weight is 151 g/mol. The van der Waals surface area contributed by atoms with Crippen molar-refractivity contribution in [3.63, 3.8) is 0 Å². The molecule has 0 spiro atoms. The molecule has 0 bridgehead atoms. The molecule has 56 valence electrons. The van der Waals surface area contributed by atoms with E-state index in [1.54, 1.807) is 20.8 Å². The highest BCUT2D eigenvalue weighted by Crippen LogP contribution is 2.03. The average Bonchev–Trinajstić information content (AvgIpc) is 1.89. The van der Waals surface area contributed by atoms with Crippen molar-refractivity contribution in [1.82, 2.24) is 0 Å². The Kier molecular flexibility index (Phi) is 3.99. The van der Waals surface area contributed by atoms with E-state index in [4.69, 9.17) is 19.0 Å². The van der Waals surface area contributed by atoms with Gasteiger partial charge in [0.25, 0.3) is 0 Å². The first-order valence-electron chi connectivity index (χ1n) is 2.63. The molecule has 0 aliphatic rings. The molecule has 0 heterocycles. The second-order valence-electron chi connectivity index (χ2n) is 1.58. The highest BCUT2D eigenvalue weighted by molar-refractivity contribution is 6.59. The summed E-state index contributed by atoms with van der Waals surface area (Å²) in [5.41, 5.74) is 5.12. The summed E-state index contributed by atoms with van der Waals surface area (Å²) in [5.74, 6) is 0. The van der Waals surface area contributed by atoms with Crippen molar-refractivity contribution in [3.05, 3.63) is 0 Å². The third-order valence-electron chi connectivity index (χ3n) is 1.09. The maximum absolute atomic E-state index is 5.12. The van der Waals surface area contributed by atoms with Gasteiger partial charge in [-0.25, -0.2) is 0 Å². The summed E-state index contributed by atoms with van der Waals surface area (Å²) in [7, 11) is 0.772. The third kappa shape index (κ3) is 2.92. The molecule has 0 unspecified atom stereocenters. The number of rotatable bonds is 4. The van der Waals surface area contributed by atoms with Crippen molar-refractivity contribution in [3.8, 4) is 0 Å². The SMILES string of the molecule is CO[Si](C)(OC)OCN. The molecule has 0 aromatic heterocycles. The number of hydrogen-bond acceptors (Lipinski definition) is 4. The standard InChI is InChI=1S/C4H13NO3Si/c1-6-9(3,7-2)8-4-5/h4-5H2,1-3H3. The van der Waals surface area contributed by atoms with Gasteiger partial charge in [0.2, 0.25) is 0 Å². The van der Waals surface area contributed by atoms with Gasteiger partial charge in [-0.15, -0.1) is 0 Å². The van der Waals surface area contributed by atoms with Crippen LogP contribution in [0.1, 0.15) is 0 Å². The van der Waals surface area contributed by atoms with E-state index < -0.39 is 8.80 Å². The van der Waals surface area contributed by atoms with E-state index in [1.807, 2.05) is 0 Å². The molecule has 9 heavy (non-hydrogen) atoms. The van der Waals surface area contributed by atoms with Crippen LogP contribution >= 0.6 is 0 Å². The first kappa shape index (κ1) is 9.06. The zero-order valence-corrected chi connectivity index (χ0v) is 7.01. The van der Waals surface area contributed by atoms with Gasteiger partial charge in [-0.3, -0.25) is 0 Å². The van der Waals surface area contributed by atoms with Crippen LogP contribution in [0.5, 0.6) is 0 Å². The van der Waals surface area contributed by atoms with Gasteiger partial charge in [0, 0.05) is 20.8 Å². The number of hydrogen-bond donors (Lipinski definition) is 1. The number of nitrogens with two attached hydrogens (primary N) is 1. The molecule has 0 atom stereocenters. The van der Waals surface area contributed by atoms with Crippen molar-refractivity contribution in [2.24, 2.45) is 5.73 Å². The third-order valence-corrected chi connectivity index (χ3v) is 3.26. The normalized spacial score (nSPS) is 12.0.